The summed E-state index contributed by atoms with van der Waals surface area (Å²) >= 11 is 0. The fourth-order valence-corrected chi connectivity index (χ4v) is 2.67. The van der Waals surface area contributed by atoms with Crippen LogP contribution in [0.3, 0.4) is 0 Å². The van der Waals surface area contributed by atoms with Gasteiger partial charge in [-0.3, -0.25) is 4.21 Å². The van der Waals surface area contributed by atoms with Gasteiger partial charge < -0.3 is 20.4 Å². The van der Waals surface area contributed by atoms with Crippen molar-refractivity contribution in [2.45, 2.75) is 38.0 Å². The zero-order valence-corrected chi connectivity index (χ0v) is 11.9. The molecule has 2 unspecified atom stereocenters. The van der Waals surface area contributed by atoms with Crippen molar-refractivity contribution in [1.29, 1.82) is 0 Å². The molecule has 4 atom stereocenters. The molecule has 8 heteroatoms. The van der Waals surface area contributed by atoms with E-state index in [1.807, 2.05) is 0 Å². The highest BCUT2D eigenvalue weighted by Crippen LogP contribution is 2.18. The lowest BCUT2D eigenvalue weighted by Gasteiger charge is -2.24. The van der Waals surface area contributed by atoms with Gasteiger partial charge in [-0.1, -0.05) is 0 Å². The lowest BCUT2D eigenvalue weighted by Crippen LogP contribution is -2.48. The summed E-state index contributed by atoms with van der Waals surface area (Å²) in [5, 5.41) is 21.1. The molecular weight excluding hydrogens is 272 g/mol. The van der Waals surface area contributed by atoms with Gasteiger partial charge in [0.05, 0.1) is 6.10 Å². The van der Waals surface area contributed by atoms with Crippen molar-refractivity contribution in [3.63, 3.8) is 0 Å². The molecule has 0 aromatic rings. The Balaban J connectivity index is 2.52. The van der Waals surface area contributed by atoms with E-state index in [2.05, 4.69) is 5.32 Å². The van der Waals surface area contributed by atoms with Gasteiger partial charge in [0, 0.05) is 41.8 Å². The Morgan fingerprint density at radius 3 is 2.68 bits per heavy atom. The second-order valence-corrected chi connectivity index (χ2v) is 6.37. The lowest BCUT2D eigenvalue weighted by atomic mass is 10.2. The number of aliphatic hydroxyl groups excluding tert-OH is 1. The van der Waals surface area contributed by atoms with Gasteiger partial charge in [0.15, 0.2) is 0 Å². The molecule has 0 aliphatic carbocycles. The highest BCUT2D eigenvalue weighted by atomic mass is 32.2. The monoisotopic (exact) mass is 292 g/mol. The second kappa shape index (κ2) is 6.85. The fourth-order valence-electron chi connectivity index (χ4n) is 1.98. The number of carbonyl (C=O) groups excluding carboxylic acids is 1. The topological polar surface area (TPSA) is 107 Å². The summed E-state index contributed by atoms with van der Waals surface area (Å²) < 4.78 is 11.0. The third-order valence-corrected chi connectivity index (χ3v) is 3.84. The first-order valence-electron chi connectivity index (χ1n) is 6.09. The van der Waals surface area contributed by atoms with Gasteiger partial charge in [-0.15, -0.1) is 0 Å². The fraction of sp³-hybridized carbons (Fsp3) is 0.818. The Bertz CT molecular complexity index is 376. The van der Waals surface area contributed by atoms with Crippen LogP contribution in [0.1, 0.15) is 19.8 Å². The maximum absolute atomic E-state index is 11.9. The van der Waals surface area contributed by atoms with Gasteiger partial charge in [0.1, 0.15) is 6.04 Å². The van der Waals surface area contributed by atoms with Crippen LogP contribution in [0.4, 0.5) is 4.79 Å². The minimum absolute atomic E-state index is 0.0230. The van der Waals surface area contributed by atoms with E-state index in [0.717, 1.165) is 4.90 Å². The number of carboxylic acid groups (broad SMARTS) is 1. The van der Waals surface area contributed by atoms with Crippen LogP contribution < -0.4 is 5.32 Å². The zero-order valence-electron chi connectivity index (χ0n) is 11.0. The van der Waals surface area contributed by atoms with Gasteiger partial charge in [-0.2, -0.15) is 0 Å². The average molecular weight is 292 g/mol. The van der Waals surface area contributed by atoms with Crippen molar-refractivity contribution in [1.82, 2.24) is 10.2 Å². The van der Waals surface area contributed by atoms with Crippen LogP contribution in [-0.2, 0) is 15.6 Å². The standard InChI is InChI=1S/C11H20N2O5S/c1-7(3-4-19(2)18)12-11(17)13-6-8(14)5-9(13)10(15)16/h7-9,14H,3-6H2,1-2H3,(H,12,17)(H,15,16)/t7?,8-,9-,19?/m1/s1. The predicted octanol–water partition coefficient (Wildman–Crippen LogP) is -0.627. The number of aliphatic hydroxyl groups is 1. The molecule has 1 saturated heterocycles. The maximum atomic E-state index is 11.9. The van der Waals surface area contributed by atoms with Crippen LogP contribution in [0.15, 0.2) is 0 Å². The van der Waals surface area contributed by atoms with E-state index in [0.29, 0.717) is 12.2 Å². The van der Waals surface area contributed by atoms with E-state index in [-0.39, 0.29) is 19.0 Å². The van der Waals surface area contributed by atoms with E-state index in [1.165, 1.54) is 0 Å². The maximum Gasteiger partial charge on any atom is 0.326 e. The number of carbonyl (C=O) groups is 2. The van der Waals surface area contributed by atoms with Crippen LogP contribution in [-0.4, -0.2) is 68.1 Å². The number of nitrogens with zero attached hydrogens (tertiary/aromatic N) is 1. The van der Waals surface area contributed by atoms with E-state index in [1.54, 1.807) is 13.2 Å². The van der Waals surface area contributed by atoms with Crippen molar-refractivity contribution in [3.8, 4) is 0 Å². The van der Waals surface area contributed by atoms with Crippen molar-refractivity contribution < 1.29 is 24.0 Å². The Labute approximate surface area is 114 Å². The van der Waals surface area contributed by atoms with E-state index in [9.17, 15) is 18.9 Å². The largest absolute Gasteiger partial charge is 0.480 e. The Morgan fingerprint density at radius 2 is 2.16 bits per heavy atom. The number of rotatable bonds is 5. The first-order valence-corrected chi connectivity index (χ1v) is 7.82. The van der Waals surface area contributed by atoms with Crippen molar-refractivity contribution in [2.24, 2.45) is 0 Å². The number of likely N-dealkylation sites (tertiary alicyclic amines) is 1. The summed E-state index contributed by atoms with van der Waals surface area (Å²) in [6.07, 6.45) is 1.40. The molecule has 1 heterocycles. The number of hydrogen-bond donors (Lipinski definition) is 3. The molecule has 19 heavy (non-hydrogen) atoms. The smallest absolute Gasteiger partial charge is 0.326 e. The van der Waals surface area contributed by atoms with Crippen LogP contribution in [0.5, 0.6) is 0 Å². The molecule has 1 aliphatic rings. The molecule has 7 nitrogen and oxygen atoms in total. The molecular formula is C11H20N2O5S. The van der Waals surface area contributed by atoms with E-state index in [4.69, 9.17) is 5.11 Å². The first kappa shape index (κ1) is 15.9. The highest BCUT2D eigenvalue weighted by molar-refractivity contribution is 7.84. The average Bonchev–Trinajstić information content (AvgIpc) is 2.69. The number of nitrogens with one attached hydrogen (secondary N) is 1. The molecule has 0 radical (unpaired) electrons. The number of hydrogen-bond acceptors (Lipinski definition) is 4. The summed E-state index contributed by atoms with van der Waals surface area (Å²) in [4.78, 5) is 24.0. The lowest BCUT2D eigenvalue weighted by molar-refractivity contribution is -0.141. The molecule has 1 aliphatic heterocycles. The summed E-state index contributed by atoms with van der Waals surface area (Å²) in [6, 6.07) is -1.68. The third-order valence-electron chi connectivity index (χ3n) is 3.03. The molecule has 2 amide bonds. The Hall–Kier alpha value is -1.15. The summed E-state index contributed by atoms with van der Waals surface area (Å²) in [7, 11) is -0.922. The number of carboxylic acids is 1. The summed E-state index contributed by atoms with van der Waals surface area (Å²) in [5.41, 5.74) is 0. The number of urea groups is 1. The van der Waals surface area contributed by atoms with Gasteiger partial charge >= 0.3 is 12.0 Å². The molecule has 0 bridgehead atoms. The van der Waals surface area contributed by atoms with E-state index < -0.39 is 34.9 Å². The minimum Gasteiger partial charge on any atom is -0.480 e. The number of aliphatic carboxylic acids is 1. The number of β-amino-alcohol motifs (C(OH)–C–C–N with tert-alkyl or cyclic N) is 1. The summed E-state index contributed by atoms with van der Waals surface area (Å²) in [5.74, 6) is -0.638. The van der Waals surface area contributed by atoms with Crippen LogP contribution in [0, 0.1) is 0 Å². The summed E-state index contributed by atoms with van der Waals surface area (Å²) in [6.45, 7) is 1.79. The van der Waals surface area contributed by atoms with Gasteiger partial charge in [-0.05, 0) is 13.3 Å². The number of amides is 2. The molecule has 3 N–H and O–H groups in total. The van der Waals surface area contributed by atoms with Gasteiger partial charge in [0.25, 0.3) is 0 Å². The van der Waals surface area contributed by atoms with Crippen molar-refractivity contribution >= 4 is 22.8 Å². The SMILES string of the molecule is CC(CCS(C)=O)NC(=O)N1C[C@H](O)C[C@@H]1C(=O)O. The van der Waals surface area contributed by atoms with Crippen LogP contribution in [0.25, 0.3) is 0 Å². The highest BCUT2D eigenvalue weighted by Gasteiger charge is 2.39. The molecule has 1 rings (SSSR count). The van der Waals surface area contributed by atoms with E-state index >= 15 is 0 Å². The normalized spacial score (nSPS) is 25.9. The van der Waals surface area contributed by atoms with Crippen LogP contribution >= 0.6 is 0 Å². The minimum atomic E-state index is -1.12. The molecule has 0 aromatic heterocycles. The Kier molecular flexibility index (Phi) is 5.74. The second-order valence-electron chi connectivity index (χ2n) is 4.81. The first-order chi connectivity index (χ1) is 8.81. The van der Waals surface area contributed by atoms with Crippen molar-refractivity contribution in [2.75, 3.05) is 18.6 Å². The quantitative estimate of drug-likeness (QED) is 0.625. The zero-order chi connectivity index (χ0) is 14.6. The van der Waals surface area contributed by atoms with Gasteiger partial charge in [0.2, 0.25) is 0 Å². The molecule has 0 spiro atoms. The Morgan fingerprint density at radius 1 is 1.53 bits per heavy atom. The predicted molar refractivity (Wildman–Crippen MR) is 70.3 cm³/mol. The molecule has 0 saturated carbocycles. The van der Waals surface area contributed by atoms with Crippen molar-refractivity contribution in [3.05, 3.63) is 0 Å². The van der Waals surface area contributed by atoms with Gasteiger partial charge in [-0.25, -0.2) is 9.59 Å². The molecule has 1 fully saturated rings. The molecule has 0 aromatic carbocycles. The van der Waals surface area contributed by atoms with Crippen LogP contribution in [0.2, 0.25) is 0 Å². The third kappa shape index (κ3) is 4.79. The molecule has 110 valence electrons.